The lowest BCUT2D eigenvalue weighted by molar-refractivity contribution is -0.149. The van der Waals surface area contributed by atoms with Crippen LogP contribution in [0.3, 0.4) is 0 Å². The van der Waals surface area contributed by atoms with Gasteiger partial charge in [-0.25, -0.2) is 0 Å². The van der Waals surface area contributed by atoms with Crippen LogP contribution in [0.5, 0.6) is 0 Å². The van der Waals surface area contributed by atoms with Gasteiger partial charge in [-0.15, -0.1) is 0 Å². The number of aryl methyl sites for hydroxylation is 1. The van der Waals surface area contributed by atoms with Gasteiger partial charge in [-0.3, -0.25) is 14.4 Å². The fourth-order valence-electron chi connectivity index (χ4n) is 4.43. The molecule has 1 saturated carbocycles. The first-order valence-corrected chi connectivity index (χ1v) is 11.1. The molecule has 0 unspecified atom stereocenters. The third kappa shape index (κ3) is 5.70. The molecular weight excluding hydrogens is 384 g/mol. The van der Waals surface area contributed by atoms with E-state index >= 15 is 0 Å². The number of nitrogens with one attached hydrogen (secondary N) is 2. The molecule has 2 N–H and O–H groups in total. The van der Waals surface area contributed by atoms with E-state index in [4.69, 9.17) is 4.74 Å². The van der Waals surface area contributed by atoms with Gasteiger partial charge in [0.25, 0.3) is 5.91 Å². The first-order chi connectivity index (χ1) is 14.5. The molecular formula is C22H32N4O4. The predicted octanol–water partition coefficient (Wildman–Crippen LogP) is 0.763. The summed E-state index contributed by atoms with van der Waals surface area (Å²) in [5, 5.41) is 2.83. The third-order valence-corrected chi connectivity index (χ3v) is 6.35. The minimum Gasteiger partial charge on any atom is -0.365 e. The summed E-state index contributed by atoms with van der Waals surface area (Å²) >= 11 is 0. The molecule has 1 atom stereocenters. The van der Waals surface area contributed by atoms with E-state index in [1.165, 1.54) is 25.5 Å². The molecule has 3 heterocycles. The summed E-state index contributed by atoms with van der Waals surface area (Å²) in [6.07, 6.45) is 4.83. The number of rotatable bonds is 7. The van der Waals surface area contributed by atoms with Crippen molar-refractivity contribution < 1.29 is 14.3 Å². The largest absolute Gasteiger partial charge is 0.365 e. The molecule has 0 aromatic carbocycles. The summed E-state index contributed by atoms with van der Waals surface area (Å²) in [5.41, 5.74) is 0.675. The zero-order valence-electron chi connectivity index (χ0n) is 17.7. The highest BCUT2D eigenvalue weighted by atomic mass is 16.5. The van der Waals surface area contributed by atoms with Crippen LogP contribution in [0.15, 0.2) is 16.9 Å². The topological polar surface area (TPSA) is 94.7 Å². The number of ether oxygens (including phenoxy) is 1. The molecule has 3 aliphatic rings. The van der Waals surface area contributed by atoms with E-state index in [0.29, 0.717) is 30.3 Å². The molecule has 3 fully saturated rings. The SMILES string of the molecule is Cc1cc(C(=O)NC[C@H]2CN(CC3CCN(CC4CC4)CC3)C(=O)CO2)cc(=O)[nH]1. The number of likely N-dealkylation sites (tertiary alicyclic amines) is 1. The Morgan fingerprint density at radius 2 is 1.87 bits per heavy atom. The predicted molar refractivity (Wildman–Crippen MR) is 112 cm³/mol. The normalized spacial score (nSPS) is 23.6. The van der Waals surface area contributed by atoms with Crippen LogP contribution in [-0.2, 0) is 9.53 Å². The molecule has 8 nitrogen and oxygen atoms in total. The maximum absolute atomic E-state index is 12.4. The minimum absolute atomic E-state index is 0.0307. The molecule has 0 radical (unpaired) electrons. The van der Waals surface area contributed by atoms with Crippen molar-refractivity contribution >= 4 is 11.8 Å². The number of amides is 2. The van der Waals surface area contributed by atoms with Crippen LogP contribution < -0.4 is 10.9 Å². The molecule has 0 bridgehead atoms. The van der Waals surface area contributed by atoms with Crippen molar-refractivity contribution in [2.75, 3.05) is 45.9 Å². The highest BCUT2D eigenvalue weighted by Crippen LogP contribution is 2.31. The van der Waals surface area contributed by atoms with E-state index < -0.39 is 0 Å². The van der Waals surface area contributed by atoms with Crippen molar-refractivity contribution in [2.24, 2.45) is 11.8 Å². The number of hydrogen-bond donors (Lipinski definition) is 2. The third-order valence-electron chi connectivity index (χ3n) is 6.35. The molecule has 4 rings (SSSR count). The minimum atomic E-state index is -0.306. The van der Waals surface area contributed by atoms with E-state index in [1.807, 2.05) is 4.90 Å². The Labute approximate surface area is 177 Å². The highest BCUT2D eigenvalue weighted by Gasteiger charge is 2.31. The quantitative estimate of drug-likeness (QED) is 0.685. The van der Waals surface area contributed by atoms with E-state index in [0.717, 1.165) is 38.4 Å². The molecule has 2 amide bonds. The number of pyridine rings is 1. The van der Waals surface area contributed by atoms with E-state index in [-0.39, 0.29) is 30.1 Å². The number of aromatic nitrogens is 1. The molecule has 164 valence electrons. The second-order valence-corrected chi connectivity index (χ2v) is 9.05. The van der Waals surface area contributed by atoms with Crippen LogP contribution in [0.1, 0.15) is 41.7 Å². The van der Waals surface area contributed by atoms with Crippen molar-refractivity contribution in [3.63, 3.8) is 0 Å². The number of carbonyl (C=O) groups is 2. The molecule has 1 aromatic rings. The van der Waals surface area contributed by atoms with E-state index in [1.54, 1.807) is 13.0 Å². The lowest BCUT2D eigenvalue weighted by Crippen LogP contribution is -2.52. The van der Waals surface area contributed by atoms with Crippen LogP contribution in [-0.4, -0.2) is 78.6 Å². The standard InChI is InChI=1S/C22H32N4O4/c1-15-8-18(9-20(27)24-15)22(29)23-10-19-13-26(21(28)14-30-19)12-17-4-6-25(7-5-17)11-16-2-3-16/h8-9,16-17,19H,2-7,10-14H2,1H3,(H,23,29)(H,24,27)/t19-/m0/s1. The first-order valence-electron chi connectivity index (χ1n) is 11.1. The van der Waals surface area contributed by atoms with Gasteiger partial charge in [0.1, 0.15) is 6.61 Å². The van der Waals surface area contributed by atoms with E-state index in [2.05, 4.69) is 15.2 Å². The Morgan fingerprint density at radius 3 is 2.57 bits per heavy atom. The van der Waals surface area contributed by atoms with Gasteiger partial charge in [-0.05, 0) is 63.6 Å². The van der Waals surface area contributed by atoms with Gasteiger partial charge < -0.3 is 24.8 Å². The van der Waals surface area contributed by atoms with Crippen molar-refractivity contribution in [1.29, 1.82) is 0 Å². The molecule has 1 aliphatic carbocycles. The zero-order valence-corrected chi connectivity index (χ0v) is 17.7. The summed E-state index contributed by atoms with van der Waals surface area (Å²) in [6.45, 7) is 6.90. The average molecular weight is 417 g/mol. The molecule has 2 saturated heterocycles. The van der Waals surface area contributed by atoms with Gasteiger partial charge in [0.15, 0.2) is 0 Å². The van der Waals surface area contributed by atoms with Crippen LogP contribution >= 0.6 is 0 Å². The van der Waals surface area contributed by atoms with Gasteiger partial charge in [0.05, 0.1) is 6.10 Å². The summed E-state index contributed by atoms with van der Waals surface area (Å²) in [5.74, 6) is 1.19. The average Bonchev–Trinajstić information content (AvgIpc) is 3.53. The van der Waals surface area contributed by atoms with E-state index in [9.17, 15) is 14.4 Å². The van der Waals surface area contributed by atoms with Crippen LogP contribution in [0, 0.1) is 18.8 Å². The number of nitrogens with zero attached hydrogens (tertiary/aromatic N) is 2. The van der Waals surface area contributed by atoms with Crippen LogP contribution in [0.25, 0.3) is 0 Å². The van der Waals surface area contributed by atoms with Gasteiger partial charge in [0, 0.05) is 43.5 Å². The number of carbonyl (C=O) groups excluding carboxylic acids is 2. The fraction of sp³-hybridized carbons (Fsp3) is 0.682. The Balaban J connectivity index is 1.23. The smallest absolute Gasteiger partial charge is 0.251 e. The number of morpholine rings is 1. The maximum atomic E-state index is 12.4. The highest BCUT2D eigenvalue weighted by molar-refractivity contribution is 5.94. The lowest BCUT2D eigenvalue weighted by Gasteiger charge is -2.38. The Bertz CT molecular complexity index is 827. The summed E-state index contributed by atoms with van der Waals surface area (Å²) < 4.78 is 5.63. The Kier molecular flexibility index (Phi) is 6.53. The van der Waals surface area contributed by atoms with Crippen molar-refractivity contribution in [2.45, 2.75) is 38.7 Å². The molecule has 8 heteroatoms. The van der Waals surface area contributed by atoms with Gasteiger partial charge >= 0.3 is 0 Å². The number of H-pyrrole nitrogens is 1. The zero-order chi connectivity index (χ0) is 21.1. The first kappa shape index (κ1) is 21.1. The van der Waals surface area contributed by atoms with Crippen molar-refractivity contribution in [3.8, 4) is 0 Å². The Morgan fingerprint density at radius 1 is 1.13 bits per heavy atom. The second-order valence-electron chi connectivity index (χ2n) is 9.05. The Hall–Kier alpha value is -2.19. The summed E-state index contributed by atoms with van der Waals surface area (Å²) in [7, 11) is 0. The second kappa shape index (κ2) is 9.31. The van der Waals surface area contributed by atoms with Gasteiger partial charge in [-0.1, -0.05) is 0 Å². The monoisotopic (exact) mass is 416 g/mol. The summed E-state index contributed by atoms with van der Waals surface area (Å²) in [4.78, 5) is 43.4. The molecule has 1 aromatic heterocycles. The molecule has 2 aliphatic heterocycles. The van der Waals surface area contributed by atoms with Crippen LogP contribution in [0.2, 0.25) is 0 Å². The van der Waals surface area contributed by atoms with Crippen molar-refractivity contribution in [1.82, 2.24) is 20.1 Å². The summed E-state index contributed by atoms with van der Waals surface area (Å²) in [6, 6.07) is 2.93. The number of aromatic amines is 1. The van der Waals surface area contributed by atoms with Crippen molar-refractivity contribution in [3.05, 3.63) is 33.7 Å². The fourth-order valence-corrected chi connectivity index (χ4v) is 4.43. The lowest BCUT2D eigenvalue weighted by atomic mass is 9.95. The van der Waals surface area contributed by atoms with Crippen LogP contribution in [0.4, 0.5) is 0 Å². The van der Waals surface area contributed by atoms with Gasteiger partial charge in [-0.2, -0.15) is 0 Å². The number of piperidine rings is 1. The molecule has 30 heavy (non-hydrogen) atoms. The maximum Gasteiger partial charge on any atom is 0.251 e. The molecule has 0 spiro atoms. The number of hydrogen-bond acceptors (Lipinski definition) is 5. The van der Waals surface area contributed by atoms with Gasteiger partial charge in [0.2, 0.25) is 11.5 Å².